The van der Waals surface area contributed by atoms with Gasteiger partial charge in [-0.2, -0.15) is 13.2 Å². The molecule has 0 aliphatic heterocycles. The summed E-state index contributed by atoms with van der Waals surface area (Å²) in [5.74, 6) is 4.55. The van der Waals surface area contributed by atoms with Crippen LogP contribution < -0.4 is 11.1 Å². The zero-order chi connectivity index (χ0) is 15.2. The van der Waals surface area contributed by atoms with E-state index in [2.05, 4.69) is 17.2 Å². The quantitative estimate of drug-likeness (QED) is 0.844. The molecule has 0 spiro atoms. The second-order valence-corrected chi connectivity index (χ2v) is 4.30. The van der Waals surface area contributed by atoms with Crippen LogP contribution in [-0.2, 0) is 4.79 Å². The lowest BCUT2D eigenvalue weighted by molar-refractivity contribution is -0.142. The molecular formula is C13H12ClF3N2O. The molecule has 1 rings (SSSR count). The van der Waals surface area contributed by atoms with Gasteiger partial charge in [-0.15, -0.1) is 0 Å². The highest BCUT2D eigenvalue weighted by Gasteiger charge is 2.27. The van der Waals surface area contributed by atoms with Crippen molar-refractivity contribution < 1.29 is 18.0 Å². The number of halogens is 4. The van der Waals surface area contributed by atoms with Gasteiger partial charge in [0.1, 0.15) is 0 Å². The molecule has 0 atom stereocenters. The van der Waals surface area contributed by atoms with Crippen LogP contribution in [0.15, 0.2) is 18.2 Å². The number of amides is 1. The second-order valence-electron chi connectivity index (χ2n) is 3.86. The Hall–Kier alpha value is -1.71. The molecule has 108 valence electrons. The van der Waals surface area contributed by atoms with E-state index >= 15 is 0 Å². The van der Waals surface area contributed by atoms with Crippen LogP contribution in [0.4, 0.5) is 18.9 Å². The fourth-order valence-electron chi connectivity index (χ4n) is 1.34. The van der Waals surface area contributed by atoms with Gasteiger partial charge < -0.3 is 11.1 Å². The summed E-state index contributed by atoms with van der Waals surface area (Å²) >= 11 is 5.78. The highest BCUT2D eigenvalue weighted by atomic mass is 35.5. The predicted octanol–water partition coefficient (Wildman–Crippen LogP) is 2.93. The summed E-state index contributed by atoms with van der Waals surface area (Å²) in [5.41, 5.74) is 5.95. The molecule has 3 N–H and O–H groups in total. The molecule has 3 nitrogen and oxygen atoms in total. The summed E-state index contributed by atoms with van der Waals surface area (Å²) in [6.45, 7) is 0.129. The zero-order valence-electron chi connectivity index (χ0n) is 10.4. The number of rotatable bonds is 3. The molecular weight excluding hydrogens is 293 g/mol. The highest BCUT2D eigenvalue weighted by molar-refractivity contribution is 6.31. The van der Waals surface area contributed by atoms with E-state index in [-0.39, 0.29) is 12.2 Å². The first-order valence-electron chi connectivity index (χ1n) is 5.67. The summed E-state index contributed by atoms with van der Waals surface area (Å²) < 4.78 is 36.1. The Labute approximate surface area is 119 Å². The minimum Gasteiger partial charge on any atom is -0.325 e. The summed E-state index contributed by atoms with van der Waals surface area (Å²) in [6.07, 6.45) is -6.20. The van der Waals surface area contributed by atoms with Gasteiger partial charge >= 0.3 is 6.18 Å². The molecule has 0 bridgehead atoms. The number of carbonyl (C=O) groups is 1. The Morgan fingerprint density at radius 3 is 2.70 bits per heavy atom. The molecule has 0 heterocycles. The van der Waals surface area contributed by atoms with Crippen molar-refractivity contribution in [1.29, 1.82) is 0 Å². The van der Waals surface area contributed by atoms with Crippen LogP contribution in [0, 0.1) is 11.8 Å². The molecule has 0 radical (unpaired) electrons. The zero-order valence-corrected chi connectivity index (χ0v) is 11.1. The van der Waals surface area contributed by atoms with Crippen molar-refractivity contribution in [2.24, 2.45) is 5.73 Å². The first-order valence-corrected chi connectivity index (χ1v) is 6.04. The number of benzene rings is 1. The van der Waals surface area contributed by atoms with Crippen LogP contribution in [0.25, 0.3) is 0 Å². The van der Waals surface area contributed by atoms with Gasteiger partial charge in [0.05, 0.1) is 18.7 Å². The minimum absolute atomic E-state index is 0.129. The maximum Gasteiger partial charge on any atom is 0.389 e. The van der Waals surface area contributed by atoms with E-state index in [4.69, 9.17) is 17.3 Å². The standard InChI is InChI=1S/C13H12ClF3N2O/c14-10-4-3-9(2-1-7-18)11(8-10)19-12(20)5-6-13(15,16)17/h3-4,8H,5-7,18H2,(H,19,20). The van der Waals surface area contributed by atoms with Crippen LogP contribution in [0.2, 0.25) is 5.02 Å². The Kier molecular flexibility index (Phi) is 5.86. The topological polar surface area (TPSA) is 55.1 Å². The Morgan fingerprint density at radius 2 is 2.10 bits per heavy atom. The van der Waals surface area contributed by atoms with Gasteiger partial charge in [-0.05, 0) is 18.2 Å². The van der Waals surface area contributed by atoms with Crippen molar-refractivity contribution in [3.8, 4) is 11.8 Å². The third-order valence-electron chi connectivity index (χ3n) is 2.22. The van der Waals surface area contributed by atoms with E-state index in [9.17, 15) is 18.0 Å². The van der Waals surface area contributed by atoms with E-state index in [0.29, 0.717) is 10.6 Å². The van der Waals surface area contributed by atoms with Crippen LogP contribution in [-0.4, -0.2) is 18.6 Å². The summed E-state index contributed by atoms with van der Waals surface area (Å²) in [7, 11) is 0. The van der Waals surface area contributed by atoms with E-state index in [0.717, 1.165) is 0 Å². The number of carbonyl (C=O) groups excluding carboxylic acids is 1. The first-order chi connectivity index (χ1) is 9.31. The van der Waals surface area contributed by atoms with Crippen LogP contribution in [0.5, 0.6) is 0 Å². The molecule has 0 aromatic heterocycles. The van der Waals surface area contributed by atoms with Crippen LogP contribution in [0.1, 0.15) is 18.4 Å². The molecule has 0 unspecified atom stereocenters. The number of anilines is 1. The maximum absolute atomic E-state index is 12.0. The Balaban J connectivity index is 2.80. The predicted molar refractivity (Wildman–Crippen MR) is 71.3 cm³/mol. The molecule has 0 saturated heterocycles. The first kappa shape index (κ1) is 16.3. The van der Waals surface area contributed by atoms with Crippen molar-refractivity contribution in [1.82, 2.24) is 0 Å². The van der Waals surface area contributed by atoms with E-state index in [1.54, 1.807) is 12.1 Å². The lowest BCUT2D eigenvalue weighted by Crippen LogP contribution is -2.17. The van der Waals surface area contributed by atoms with Crippen molar-refractivity contribution in [2.75, 3.05) is 11.9 Å². The van der Waals surface area contributed by atoms with Crippen molar-refractivity contribution >= 4 is 23.2 Å². The smallest absolute Gasteiger partial charge is 0.325 e. The number of alkyl halides is 3. The van der Waals surface area contributed by atoms with Crippen LogP contribution >= 0.6 is 11.6 Å². The fraction of sp³-hybridized carbons (Fsp3) is 0.308. The molecule has 20 heavy (non-hydrogen) atoms. The highest BCUT2D eigenvalue weighted by Crippen LogP contribution is 2.23. The monoisotopic (exact) mass is 304 g/mol. The summed E-state index contributed by atoms with van der Waals surface area (Å²) in [6, 6.07) is 4.55. The van der Waals surface area contributed by atoms with Crippen LogP contribution in [0.3, 0.4) is 0 Å². The summed E-state index contributed by atoms with van der Waals surface area (Å²) in [4.78, 5) is 11.5. The largest absolute Gasteiger partial charge is 0.389 e. The molecule has 0 saturated carbocycles. The maximum atomic E-state index is 12.0. The molecule has 7 heteroatoms. The van der Waals surface area contributed by atoms with Crippen molar-refractivity contribution in [3.05, 3.63) is 28.8 Å². The average Bonchev–Trinajstić information content (AvgIpc) is 2.35. The number of nitrogens with two attached hydrogens (primary N) is 1. The minimum atomic E-state index is -4.37. The van der Waals surface area contributed by atoms with Gasteiger partial charge in [-0.3, -0.25) is 4.79 Å². The molecule has 0 fully saturated rings. The lowest BCUT2D eigenvalue weighted by atomic mass is 10.1. The van der Waals surface area contributed by atoms with Gasteiger partial charge in [0.2, 0.25) is 5.91 Å². The third kappa shape index (κ3) is 5.95. The SMILES string of the molecule is NCC#Cc1ccc(Cl)cc1NC(=O)CCC(F)(F)F. The van der Waals surface area contributed by atoms with E-state index < -0.39 is 24.9 Å². The van der Waals surface area contributed by atoms with E-state index in [1.807, 2.05) is 0 Å². The summed E-state index contributed by atoms with van der Waals surface area (Å²) in [5, 5.41) is 2.71. The molecule has 0 aliphatic carbocycles. The van der Waals surface area contributed by atoms with Gasteiger partial charge in [0, 0.05) is 17.0 Å². The van der Waals surface area contributed by atoms with Gasteiger partial charge in [0.15, 0.2) is 0 Å². The normalized spacial score (nSPS) is 10.7. The van der Waals surface area contributed by atoms with Crippen molar-refractivity contribution in [3.63, 3.8) is 0 Å². The molecule has 1 aromatic carbocycles. The van der Waals surface area contributed by atoms with Gasteiger partial charge in [0.25, 0.3) is 0 Å². The lowest BCUT2D eigenvalue weighted by Gasteiger charge is -2.09. The van der Waals surface area contributed by atoms with Gasteiger partial charge in [-0.1, -0.05) is 23.4 Å². The molecule has 0 aliphatic rings. The third-order valence-corrected chi connectivity index (χ3v) is 2.45. The Bertz CT molecular complexity index is 547. The average molecular weight is 305 g/mol. The van der Waals surface area contributed by atoms with E-state index in [1.165, 1.54) is 6.07 Å². The van der Waals surface area contributed by atoms with Gasteiger partial charge in [-0.25, -0.2) is 0 Å². The fourth-order valence-corrected chi connectivity index (χ4v) is 1.52. The van der Waals surface area contributed by atoms with Crippen molar-refractivity contribution in [2.45, 2.75) is 19.0 Å². The number of hydrogen-bond acceptors (Lipinski definition) is 2. The molecule has 1 amide bonds. The number of nitrogens with one attached hydrogen (secondary N) is 1. The Morgan fingerprint density at radius 1 is 1.40 bits per heavy atom. The second kappa shape index (κ2) is 7.17. The number of hydrogen-bond donors (Lipinski definition) is 2. The molecule has 1 aromatic rings.